The Balaban J connectivity index is 1.58. The number of amides is 1. The van der Waals surface area contributed by atoms with E-state index in [2.05, 4.69) is 20.7 Å². The molecule has 32 heavy (non-hydrogen) atoms. The molecule has 1 aliphatic heterocycles. The number of benzene rings is 1. The van der Waals surface area contributed by atoms with Crippen molar-refractivity contribution < 1.29 is 22.7 Å². The van der Waals surface area contributed by atoms with E-state index in [-0.39, 0.29) is 24.3 Å². The standard InChI is InChI=1S/C22H22F3N5O2/c1-13-3-6-15(7-4-13)17-9-18(22(23,24)25)30-20(29-17)16(12-28-30)21(31)27-11-14-5-8-19(32-2)26-10-14/h3-8,10,12,17-18,29H,9,11H2,1-2H3,(H,27,31)/t17-,18+/m1/s1. The van der Waals surface area contributed by atoms with Gasteiger partial charge >= 0.3 is 6.18 Å². The molecule has 0 radical (unpaired) electrons. The molecule has 1 amide bonds. The first-order valence-electron chi connectivity index (χ1n) is 10.0. The monoisotopic (exact) mass is 445 g/mol. The third-order valence-electron chi connectivity index (χ3n) is 5.42. The summed E-state index contributed by atoms with van der Waals surface area (Å²) in [5.41, 5.74) is 2.50. The molecule has 10 heteroatoms. The number of aryl methyl sites for hydroxylation is 1. The maximum atomic E-state index is 13.8. The van der Waals surface area contributed by atoms with Crippen molar-refractivity contribution in [3.05, 3.63) is 71.0 Å². The Morgan fingerprint density at radius 3 is 2.59 bits per heavy atom. The van der Waals surface area contributed by atoms with Gasteiger partial charge in [-0.05, 0) is 18.1 Å². The molecule has 7 nitrogen and oxygen atoms in total. The van der Waals surface area contributed by atoms with E-state index in [0.717, 1.165) is 15.8 Å². The van der Waals surface area contributed by atoms with Crippen molar-refractivity contribution in [2.45, 2.75) is 38.1 Å². The van der Waals surface area contributed by atoms with Crippen LogP contribution in [0.15, 0.2) is 48.8 Å². The minimum Gasteiger partial charge on any atom is -0.481 e. The number of anilines is 1. The molecule has 0 fully saturated rings. The van der Waals surface area contributed by atoms with Crippen LogP contribution in [-0.4, -0.2) is 34.0 Å². The smallest absolute Gasteiger partial charge is 0.410 e. The minimum absolute atomic E-state index is 0.0505. The third-order valence-corrected chi connectivity index (χ3v) is 5.42. The zero-order valence-corrected chi connectivity index (χ0v) is 17.5. The van der Waals surface area contributed by atoms with Crippen LogP contribution in [0.4, 0.5) is 19.0 Å². The first kappa shape index (κ1) is 21.7. The van der Waals surface area contributed by atoms with Gasteiger partial charge in [0.25, 0.3) is 5.91 Å². The van der Waals surface area contributed by atoms with E-state index in [0.29, 0.717) is 11.4 Å². The normalized spacial score (nSPS) is 17.9. The predicted molar refractivity (Wildman–Crippen MR) is 111 cm³/mol. The molecule has 1 aliphatic rings. The molecule has 3 heterocycles. The molecule has 0 saturated carbocycles. The Labute approximate surface area is 182 Å². The molecule has 0 aliphatic carbocycles. The predicted octanol–water partition coefficient (Wildman–Crippen LogP) is 4.19. The molecule has 4 rings (SSSR count). The molecule has 2 atom stereocenters. The number of methoxy groups -OCH3 is 1. The lowest BCUT2D eigenvalue weighted by Crippen LogP contribution is -2.36. The lowest BCUT2D eigenvalue weighted by Gasteiger charge is -2.34. The Hall–Kier alpha value is -3.56. The highest BCUT2D eigenvalue weighted by atomic mass is 19.4. The number of alkyl halides is 3. The summed E-state index contributed by atoms with van der Waals surface area (Å²) in [6.45, 7) is 2.07. The van der Waals surface area contributed by atoms with Gasteiger partial charge in [0.2, 0.25) is 5.88 Å². The maximum absolute atomic E-state index is 13.8. The van der Waals surface area contributed by atoms with Gasteiger partial charge in [-0.1, -0.05) is 35.9 Å². The highest BCUT2D eigenvalue weighted by Gasteiger charge is 2.47. The molecule has 3 aromatic rings. The highest BCUT2D eigenvalue weighted by Crippen LogP contribution is 2.44. The fourth-order valence-electron chi connectivity index (χ4n) is 3.66. The van der Waals surface area contributed by atoms with Gasteiger partial charge in [0, 0.05) is 25.2 Å². The molecule has 0 unspecified atom stereocenters. The molecule has 2 N–H and O–H groups in total. The zero-order chi connectivity index (χ0) is 22.9. The van der Waals surface area contributed by atoms with E-state index in [1.165, 1.54) is 13.3 Å². The Bertz CT molecular complexity index is 1090. The van der Waals surface area contributed by atoms with Gasteiger partial charge in [0.05, 0.1) is 19.3 Å². The summed E-state index contributed by atoms with van der Waals surface area (Å²) < 4.78 is 47.3. The molecule has 0 saturated heterocycles. The zero-order valence-electron chi connectivity index (χ0n) is 17.5. The summed E-state index contributed by atoms with van der Waals surface area (Å²) in [7, 11) is 1.50. The second kappa shape index (κ2) is 8.52. The Morgan fingerprint density at radius 1 is 1.22 bits per heavy atom. The van der Waals surface area contributed by atoms with Crippen molar-refractivity contribution in [2.24, 2.45) is 0 Å². The number of fused-ring (bicyclic) bond motifs is 1. The van der Waals surface area contributed by atoms with Crippen LogP contribution in [0.1, 0.15) is 45.6 Å². The number of halogens is 3. The summed E-state index contributed by atoms with van der Waals surface area (Å²) in [6, 6.07) is 8.24. The molecular formula is C22H22F3N5O2. The lowest BCUT2D eigenvalue weighted by molar-refractivity contribution is -0.173. The first-order valence-corrected chi connectivity index (χ1v) is 10.0. The number of pyridine rings is 1. The summed E-state index contributed by atoms with van der Waals surface area (Å²) in [4.78, 5) is 16.9. The fourth-order valence-corrected chi connectivity index (χ4v) is 3.66. The Kier molecular flexibility index (Phi) is 5.77. The van der Waals surface area contributed by atoms with Gasteiger partial charge < -0.3 is 15.4 Å². The molecule has 2 aromatic heterocycles. The van der Waals surface area contributed by atoms with Crippen molar-refractivity contribution in [3.63, 3.8) is 0 Å². The van der Waals surface area contributed by atoms with Crippen LogP contribution in [-0.2, 0) is 6.54 Å². The van der Waals surface area contributed by atoms with Crippen LogP contribution < -0.4 is 15.4 Å². The van der Waals surface area contributed by atoms with Gasteiger partial charge in [-0.2, -0.15) is 18.3 Å². The minimum atomic E-state index is -4.51. The second-order valence-corrected chi connectivity index (χ2v) is 7.64. The van der Waals surface area contributed by atoms with E-state index in [1.807, 2.05) is 19.1 Å². The second-order valence-electron chi connectivity index (χ2n) is 7.64. The number of carbonyl (C=O) groups excluding carboxylic acids is 1. The van der Waals surface area contributed by atoms with Crippen LogP contribution in [0.25, 0.3) is 0 Å². The van der Waals surface area contributed by atoms with Crippen LogP contribution in [0.5, 0.6) is 5.88 Å². The fraction of sp³-hybridized carbons (Fsp3) is 0.318. The number of hydrogen-bond donors (Lipinski definition) is 2. The van der Waals surface area contributed by atoms with E-state index in [9.17, 15) is 18.0 Å². The third kappa shape index (κ3) is 4.39. The topological polar surface area (TPSA) is 81.1 Å². The Morgan fingerprint density at radius 2 is 1.97 bits per heavy atom. The van der Waals surface area contributed by atoms with Crippen LogP contribution >= 0.6 is 0 Å². The number of aromatic nitrogens is 3. The van der Waals surface area contributed by atoms with E-state index in [4.69, 9.17) is 4.74 Å². The van der Waals surface area contributed by atoms with Gasteiger partial charge in [-0.15, -0.1) is 0 Å². The number of rotatable bonds is 5. The summed E-state index contributed by atoms with van der Waals surface area (Å²) >= 11 is 0. The van der Waals surface area contributed by atoms with Crippen molar-refractivity contribution in [1.29, 1.82) is 0 Å². The molecular weight excluding hydrogens is 423 g/mol. The van der Waals surface area contributed by atoms with Crippen LogP contribution in [0.2, 0.25) is 0 Å². The number of hydrogen-bond acceptors (Lipinski definition) is 5. The van der Waals surface area contributed by atoms with Crippen molar-refractivity contribution >= 4 is 11.7 Å². The summed E-state index contributed by atoms with van der Waals surface area (Å²) in [5, 5.41) is 9.69. The first-order chi connectivity index (χ1) is 15.3. The van der Waals surface area contributed by atoms with Crippen molar-refractivity contribution in [3.8, 4) is 5.88 Å². The number of ether oxygens (including phenoxy) is 1. The van der Waals surface area contributed by atoms with Crippen molar-refractivity contribution in [2.75, 3.05) is 12.4 Å². The number of carbonyl (C=O) groups is 1. The summed E-state index contributed by atoms with van der Waals surface area (Å²) in [5.74, 6) is -0.0372. The number of nitrogens with one attached hydrogen (secondary N) is 2. The van der Waals surface area contributed by atoms with Gasteiger partial charge in [-0.3, -0.25) is 4.79 Å². The lowest BCUT2D eigenvalue weighted by atomic mass is 9.96. The molecule has 1 aromatic carbocycles. The highest BCUT2D eigenvalue weighted by molar-refractivity contribution is 5.98. The molecule has 168 valence electrons. The van der Waals surface area contributed by atoms with Gasteiger partial charge in [0.15, 0.2) is 6.04 Å². The largest absolute Gasteiger partial charge is 0.481 e. The van der Waals surface area contributed by atoms with Crippen LogP contribution in [0, 0.1) is 6.92 Å². The average Bonchev–Trinajstić information content (AvgIpc) is 3.21. The quantitative estimate of drug-likeness (QED) is 0.616. The van der Waals surface area contributed by atoms with Gasteiger partial charge in [0.1, 0.15) is 11.4 Å². The van der Waals surface area contributed by atoms with Crippen molar-refractivity contribution in [1.82, 2.24) is 20.1 Å². The SMILES string of the molecule is COc1ccc(CNC(=O)c2cnn3c2N[C@@H](c2ccc(C)cc2)C[C@H]3C(F)(F)F)cn1. The van der Waals surface area contributed by atoms with E-state index >= 15 is 0 Å². The van der Waals surface area contributed by atoms with Gasteiger partial charge in [-0.25, -0.2) is 9.67 Å². The molecule has 0 spiro atoms. The van der Waals surface area contributed by atoms with E-state index < -0.39 is 24.2 Å². The van der Waals surface area contributed by atoms with E-state index in [1.54, 1.807) is 30.5 Å². The molecule has 0 bridgehead atoms. The average molecular weight is 445 g/mol. The summed E-state index contributed by atoms with van der Waals surface area (Å²) in [6.07, 6.45) is -2.01. The maximum Gasteiger partial charge on any atom is 0.410 e. The van der Waals surface area contributed by atoms with Crippen LogP contribution in [0.3, 0.4) is 0 Å². The number of nitrogens with zero attached hydrogens (tertiary/aromatic N) is 3.